The second-order valence-corrected chi connectivity index (χ2v) is 4.34. The molecule has 0 amide bonds. The van der Waals surface area contributed by atoms with Crippen molar-refractivity contribution < 1.29 is 4.92 Å². The Labute approximate surface area is 110 Å². The van der Waals surface area contributed by atoms with E-state index in [4.69, 9.17) is 5.73 Å². The van der Waals surface area contributed by atoms with Gasteiger partial charge in [-0.3, -0.25) is 14.8 Å². The van der Waals surface area contributed by atoms with Gasteiger partial charge >= 0.3 is 0 Å². The number of nitrogens with zero attached hydrogens (tertiary/aromatic N) is 3. The number of nitro groups is 1. The molecule has 1 aromatic heterocycles. The molecule has 0 bridgehead atoms. The summed E-state index contributed by atoms with van der Waals surface area (Å²) in [5.74, 6) is 0. The third-order valence-corrected chi connectivity index (χ3v) is 2.75. The van der Waals surface area contributed by atoms with Crippen LogP contribution < -0.4 is 11.1 Å². The molecule has 7 heteroatoms. The van der Waals surface area contributed by atoms with Crippen LogP contribution in [0.4, 0.5) is 17.1 Å². The summed E-state index contributed by atoms with van der Waals surface area (Å²) in [5, 5.41) is 18.1. The van der Waals surface area contributed by atoms with Crippen LogP contribution in [0, 0.1) is 17.0 Å². The molecule has 3 N–H and O–H groups in total. The number of nitrogen functional groups attached to an aromatic ring is 1. The molecule has 1 heterocycles. The quantitative estimate of drug-likeness (QED) is 0.497. The fourth-order valence-electron chi connectivity index (χ4n) is 1.86. The minimum atomic E-state index is -0.461. The van der Waals surface area contributed by atoms with Crippen molar-refractivity contribution in [3.8, 4) is 0 Å². The molecule has 0 atom stereocenters. The highest BCUT2D eigenvalue weighted by Gasteiger charge is 2.09. The number of nitro benzene ring substituents is 1. The monoisotopic (exact) mass is 261 g/mol. The van der Waals surface area contributed by atoms with Gasteiger partial charge in [-0.2, -0.15) is 5.10 Å². The van der Waals surface area contributed by atoms with Gasteiger partial charge in [0.2, 0.25) is 0 Å². The van der Waals surface area contributed by atoms with E-state index >= 15 is 0 Å². The average molecular weight is 261 g/mol. The van der Waals surface area contributed by atoms with Crippen molar-refractivity contribution in [1.29, 1.82) is 0 Å². The lowest BCUT2D eigenvalue weighted by molar-refractivity contribution is -0.384. The van der Waals surface area contributed by atoms with Gasteiger partial charge in [0.1, 0.15) is 0 Å². The molecule has 7 nitrogen and oxygen atoms in total. The number of aryl methyl sites for hydroxylation is 2. The summed E-state index contributed by atoms with van der Waals surface area (Å²) in [6, 6.07) is 4.46. The molecule has 100 valence electrons. The Morgan fingerprint density at radius 3 is 2.79 bits per heavy atom. The summed E-state index contributed by atoms with van der Waals surface area (Å²) in [6.07, 6.45) is 1.91. The molecule has 2 aromatic rings. The summed E-state index contributed by atoms with van der Waals surface area (Å²) in [5.41, 5.74) is 8.56. The largest absolute Gasteiger partial charge is 0.398 e. The van der Waals surface area contributed by atoms with Gasteiger partial charge in [-0.1, -0.05) is 0 Å². The first kappa shape index (κ1) is 12.9. The molecule has 0 radical (unpaired) electrons. The Morgan fingerprint density at radius 2 is 2.21 bits per heavy atom. The number of hydrogen-bond acceptors (Lipinski definition) is 5. The number of aromatic nitrogens is 2. The first-order valence-electron chi connectivity index (χ1n) is 5.73. The lowest BCUT2D eigenvalue weighted by Gasteiger charge is -2.06. The smallest absolute Gasteiger partial charge is 0.273 e. The van der Waals surface area contributed by atoms with Crippen LogP contribution in [0.5, 0.6) is 0 Å². The summed E-state index contributed by atoms with van der Waals surface area (Å²) in [7, 11) is 1.85. The van der Waals surface area contributed by atoms with Crippen LogP contribution in [0.15, 0.2) is 24.4 Å². The van der Waals surface area contributed by atoms with E-state index in [1.54, 1.807) is 10.7 Å². The highest BCUT2D eigenvalue weighted by molar-refractivity contribution is 5.61. The van der Waals surface area contributed by atoms with Crippen LogP contribution in [0.2, 0.25) is 0 Å². The maximum absolute atomic E-state index is 10.7. The van der Waals surface area contributed by atoms with Crippen LogP contribution in [0.25, 0.3) is 0 Å². The van der Waals surface area contributed by atoms with Crippen molar-refractivity contribution in [1.82, 2.24) is 9.78 Å². The van der Waals surface area contributed by atoms with Crippen molar-refractivity contribution >= 4 is 17.1 Å². The number of rotatable bonds is 4. The lowest BCUT2D eigenvalue weighted by atomic mass is 10.2. The van der Waals surface area contributed by atoms with E-state index in [0.29, 0.717) is 17.9 Å². The number of nitrogens with one attached hydrogen (secondary N) is 1. The van der Waals surface area contributed by atoms with Gasteiger partial charge in [0.05, 0.1) is 10.6 Å². The van der Waals surface area contributed by atoms with Crippen LogP contribution in [-0.2, 0) is 13.6 Å². The van der Waals surface area contributed by atoms with E-state index in [2.05, 4.69) is 10.4 Å². The SMILES string of the molecule is Cc1nn(C)cc1CNc1cc(N)cc([N+](=O)[O-])c1. The molecule has 0 aliphatic rings. The number of non-ortho nitro benzene ring substituents is 1. The maximum Gasteiger partial charge on any atom is 0.273 e. The summed E-state index contributed by atoms with van der Waals surface area (Å²) < 4.78 is 1.73. The van der Waals surface area contributed by atoms with Crippen molar-refractivity contribution in [2.24, 2.45) is 7.05 Å². The molecule has 0 aliphatic heterocycles. The Morgan fingerprint density at radius 1 is 1.47 bits per heavy atom. The molecule has 0 spiro atoms. The van der Waals surface area contributed by atoms with Crippen LogP contribution >= 0.6 is 0 Å². The zero-order chi connectivity index (χ0) is 14.0. The van der Waals surface area contributed by atoms with Crippen LogP contribution in [0.3, 0.4) is 0 Å². The van der Waals surface area contributed by atoms with E-state index in [0.717, 1.165) is 11.3 Å². The molecule has 2 rings (SSSR count). The predicted octanol–water partition coefficient (Wildman–Crippen LogP) is 1.83. The zero-order valence-electron chi connectivity index (χ0n) is 10.8. The molecule has 0 unspecified atom stereocenters. The van der Waals surface area contributed by atoms with Gasteiger partial charge in [0, 0.05) is 48.9 Å². The Balaban J connectivity index is 2.15. The Bertz CT molecular complexity index is 621. The van der Waals surface area contributed by atoms with Crippen molar-refractivity contribution in [2.45, 2.75) is 13.5 Å². The fraction of sp³-hybridized carbons (Fsp3) is 0.250. The van der Waals surface area contributed by atoms with Crippen molar-refractivity contribution in [3.63, 3.8) is 0 Å². The van der Waals surface area contributed by atoms with Crippen molar-refractivity contribution in [2.75, 3.05) is 11.1 Å². The van der Waals surface area contributed by atoms with Gasteiger partial charge in [-0.05, 0) is 13.0 Å². The minimum Gasteiger partial charge on any atom is -0.398 e. The second kappa shape index (κ2) is 4.97. The summed E-state index contributed by atoms with van der Waals surface area (Å²) in [6.45, 7) is 2.46. The Kier molecular flexibility index (Phi) is 3.37. The van der Waals surface area contributed by atoms with E-state index < -0.39 is 4.92 Å². The molecule has 1 aromatic carbocycles. The summed E-state index contributed by atoms with van der Waals surface area (Å²) >= 11 is 0. The van der Waals surface area contributed by atoms with Gasteiger partial charge in [0.15, 0.2) is 0 Å². The highest BCUT2D eigenvalue weighted by Crippen LogP contribution is 2.22. The van der Waals surface area contributed by atoms with Gasteiger partial charge < -0.3 is 11.1 Å². The van der Waals surface area contributed by atoms with Gasteiger partial charge in [0.25, 0.3) is 5.69 Å². The van der Waals surface area contributed by atoms with Crippen LogP contribution in [0.1, 0.15) is 11.3 Å². The first-order chi connectivity index (χ1) is 8.95. The average Bonchev–Trinajstić information content (AvgIpc) is 2.64. The first-order valence-corrected chi connectivity index (χ1v) is 5.73. The molecular formula is C12H15N5O2. The summed E-state index contributed by atoms with van der Waals surface area (Å²) in [4.78, 5) is 10.3. The van der Waals surface area contributed by atoms with Gasteiger partial charge in [-0.25, -0.2) is 0 Å². The van der Waals surface area contributed by atoms with Gasteiger partial charge in [-0.15, -0.1) is 0 Å². The molecule has 0 aliphatic carbocycles. The molecule has 0 fully saturated rings. The molecule has 0 saturated carbocycles. The molecular weight excluding hydrogens is 246 g/mol. The Hall–Kier alpha value is -2.57. The fourth-order valence-corrected chi connectivity index (χ4v) is 1.86. The number of anilines is 2. The normalized spacial score (nSPS) is 10.4. The third-order valence-electron chi connectivity index (χ3n) is 2.75. The molecule has 0 saturated heterocycles. The van der Waals surface area contributed by atoms with E-state index in [-0.39, 0.29) is 5.69 Å². The highest BCUT2D eigenvalue weighted by atomic mass is 16.6. The van der Waals surface area contributed by atoms with Crippen LogP contribution in [-0.4, -0.2) is 14.7 Å². The molecule has 19 heavy (non-hydrogen) atoms. The third kappa shape index (κ3) is 3.01. The number of benzene rings is 1. The van der Waals surface area contributed by atoms with E-state index in [1.165, 1.54) is 12.1 Å². The number of nitrogens with two attached hydrogens (primary N) is 1. The number of hydrogen-bond donors (Lipinski definition) is 2. The standard InChI is InChI=1S/C12H15N5O2/c1-8-9(7-16(2)15-8)6-14-11-3-10(13)4-12(5-11)17(18)19/h3-5,7,14H,6,13H2,1-2H3. The van der Waals surface area contributed by atoms with E-state index in [1.807, 2.05) is 20.2 Å². The zero-order valence-corrected chi connectivity index (χ0v) is 10.8. The lowest BCUT2D eigenvalue weighted by Crippen LogP contribution is -2.01. The topological polar surface area (TPSA) is 99.0 Å². The maximum atomic E-state index is 10.7. The van der Waals surface area contributed by atoms with Crippen molar-refractivity contribution in [3.05, 3.63) is 45.8 Å². The second-order valence-electron chi connectivity index (χ2n) is 4.34. The predicted molar refractivity (Wildman–Crippen MR) is 72.8 cm³/mol. The van der Waals surface area contributed by atoms with E-state index in [9.17, 15) is 10.1 Å². The minimum absolute atomic E-state index is 0.0228.